The van der Waals surface area contributed by atoms with Gasteiger partial charge in [-0.3, -0.25) is 0 Å². The van der Waals surface area contributed by atoms with Gasteiger partial charge in [-0.1, -0.05) is 0 Å². The highest BCUT2D eigenvalue weighted by atomic mass is 32.2. The second-order valence-corrected chi connectivity index (χ2v) is 8.35. The SMILES string of the molecule is CC(C)(CNc1cc(N)nc(C2CC2)n1)S(C)(=O)=O. The third-order valence-electron chi connectivity index (χ3n) is 3.40. The molecule has 0 amide bonds. The van der Waals surface area contributed by atoms with Crippen molar-refractivity contribution in [3.63, 3.8) is 0 Å². The van der Waals surface area contributed by atoms with E-state index in [-0.39, 0.29) is 6.54 Å². The number of aromatic nitrogens is 2. The second-order valence-electron chi connectivity index (χ2n) is 5.70. The summed E-state index contributed by atoms with van der Waals surface area (Å²) in [6.07, 6.45) is 3.42. The zero-order chi connectivity index (χ0) is 14.3. The van der Waals surface area contributed by atoms with Crippen LogP contribution in [0.1, 0.15) is 38.4 Å². The Morgan fingerprint density at radius 3 is 2.58 bits per heavy atom. The summed E-state index contributed by atoms with van der Waals surface area (Å²) < 4.78 is 22.4. The lowest BCUT2D eigenvalue weighted by Gasteiger charge is -2.23. The number of nitrogens with zero attached hydrogens (tertiary/aromatic N) is 2. The quantitative estimate of drug-likeness (QED) is 0.842. The minimum atomic E-state index is -3.13. The smallest absolute Gasteiger partial charge is 0.154 e. The van der Waals surface area contributed by atoms with Crippen LogP contribution in [0.3, 0.4) is 0 Å². The summed E-state index contributed by atoms with van der Waals surface area (Å²) in [4.78, 5) is 8.58. The van der Waals surface area contributed by atoms with E-state index in [0.29, 0.717) is 17.6 Å². The lowest BCUT2D eigenvalue weighted by molar-refractivity contribution is 0.559. The fraction of sp³-hybridized carbons (Fsp3) is 0.667. The molecule has 0 bridgehead atoms. The van der Waals surface area contributed by atoms with E-state index in [0.717, 1.165) is 18.7 Å². The van der Waals surface area contributed by atoms with Crippen LogP contribution in [0, 0.1) is 0 Å². The van der Waals surface area contributed by atoms with Gasteiger partial charge in [0, 0.05) is 24.8 Å². The maximum atomic E-state index is 11.6. The Bertz CT molecular complexity index is 579. The molecule has 1 saturated carbocycles. The number of anilines is 2. The largest absolute Gasteiger partial charge is 0.384 e. The average Bonchev–Trinajstić information content (AvgIpc) is 3.08. The van der Waals surface area contributed by atoms with Gasteiger partial charge in [0.2, 0.25) is 0 Å². The molecule has 0 saturated heterocycles. The molecule has 1 aliphatic rings. The summed E-state index contributed by atoms with van der Waals surface area (Å²) in [5.41, 5.74) is 5.74. The fourth-order valence-electron chi connectivity index (χ4n) is 1.53. The highest BCUT2D eigenvalue weighted by Crippen LogP contribution is 2.38. The number of hydrogen-bond acceptors (Lipinski definition) is 6. The summed E-state index contributed by atoms with van der Waals surface area (Å²) >= 11 is 0. The van der Waals surface area contributed by atoms with E-state index in [1.807, 2.05) is 0 Å². The van der Waals surface area contributed by atoms with Crippen LogP contribution in [0.4, 0.5) is 11.6 Å². The van der Waals surface area contributed by atoms with Gasteiger partial charge in [-0.2, -0.15) is 0 Å². The van der Waals surface area contributed by atoms with Crippen LogP contribution in [-0.4, -0.2) is 35.9 Å². The van der Waals surface area contributed by atoms with Crippen molar-refractivity contribution >= 4 is 21.5 Å². The van der Waals surface area contributed by atoms with Gasteiger partial charge in [0.15, 0.2) is 9.84 Å². The molecular formula is C12H20N4O2S. The summed E-state index contributed by atoms with van der Waals surface area (Å²) in [7, 11) is -3.13. The van der Waals surface area contributed by atoms with E-state index in [1.165, 1.54) is 6.26 Å². The van der Waals surface area contributed by atoms with E-state index in [9.17, 15) is 8.42 Å². The molecule has 1 aliphatic carbocycles. The minimum absolute atomic E-state index is 0.284. The predicted molar refractivity (Wildman–Crippen MR) is 75.8 cm³/mol. The molecule has 19 heavy (non-hydrogen) atoms. The molecule has 1 aromatic heterocycles. The number of rotatable bonds is 5. The Labute approximate surface area is 113 Å². The topological polar surface area (TPSA) is 98.0 Å². The third kappa shape index (κ3) is 3.34. The molecule has 0 spiro atoms. The van der Waals surface area contributed by atoms with Gasteiger partial charge in [-0.15, -0.1) is 0 Å². The minimum Gasteiger partial charge on any atom is -0.384 e. The average molecular weight is 284 g/mol. The normalized spacial score (nSPS) is 16.4. The molecule has 3 N–H and O–H groups in total. The van der Waals surface area contributed by atoms with Crippen molar-refractivity contribution in [3.8, 4) is 0 Å². The standard InChI is InChI=1S/C12H20N4O2S/c1-12(2,19(3,17)18)7-14-10-6-9(13)15-11(16-10)8-4-5-8/h6,8H,4-5,7H2,1-3H3,(H3,13,14,15,16). The van der Waals surface area contributed by atoms with Crippen LogP contribution in [0.2, 0.25) is 0 Å². The monoisotopic (exact) mass is 284 g/mol. The van der Waals surface area contributed by atoms with Crippen LogP contribution in [-0.2, 0) is 9.84 Å². The number of nitrogen functional groups attached to an aromatic ring is 1. The van der Waals surface area contributed by atoms with Crippen molar-refractivity contribution in [1.29, 1.82) is 0 Å². The summed E-state index contributed by atoms with van der Waals surface area (Å²) in [5.74, 6) is 2.16. The second kappa shape index (κ2) is 4.63. The van der Waals surface area contributed by atoms with Crippen molar-refractivity contribution in [2.45, 2.75) is 37.4 Å². The Balaban J connectivity index is 2.11. The lowest BCUT2D eigenvalue weighted by Crippen LogP contribution is -2.38. The van der Waals surface area contributed by atoms with Gasteiger partial charge in [-0.05, 0) is 26.7 Å². The molecule has 1 fully saturated rings. The van der Waals surface area contributed by atoms with Gasteiger partial charge in [0.05, 0.1) is 4.75 Å². The molecule has 0 atom stereocenters. The molecule has 0 aliphatic heterocycles. The van der Waals surface area contributed by atoms with Crippen molar-refractivity contribution < 1.29 is 8.42 Å². The van der Waals surface area contributed by atoms with Gasteiger partial charge >= 0.3 is 0 Å². The summed E-state index contributed by atoms with van der Waals surface area (Å²) in [6, 6.07) is 1.63. The summed E-state index contributed by atoms with van der Waals surface area (Å²) in [5, 5.41) is 3.05. The molecule has 1 heterocycles. The van der Waals surface area contributed by atoms with Crippen LogP contribution in [0.25, 0.3) is 0 Å². The fourth-order valence-corrected chi connectivity index (χ4v) is 1.87. The van der Waals surface area contributed by atoms with E-state index >= 15 is 0 Å². The molecule has 0 aromatic carbocycles. The van der Waals surface area contributed by atoms with Crippen LogP contribution in [0.15, 0.2) is 6.07 Å². The number of nitrogens with one attached hydrogen (secondary N) is 1. The first-order valence-corrected chi connectivity index (χ1v) is 8.16. The molecular weight excluding hydrogens is 264 g/mol. The van der Waals surface area contributed by atoms with Gasteiger partial charge in [-0.25, -0.2) is 18.4 Å². The zero-order valence-electron chi connectivity index (χ0n) is 11.5. The van der Waals surface area contributed by atoms with E-state index in [4.69, 9.17) is 5.73 Å². The maximum absolute atomic E-state index is 11.6. The highest BCUT2D eigenvalue weighted by molar-refractivity contribution is 7.92. The van der Waals surface area contributed by atoms with Crippen LogP contribution >= 0.6 is 0 Å². The van der Waals surface area contributed by atoms with E-state index in [2.05, 4.69) is 15.3 Å². The van der Waals surface area contributed by atoms with Gasteiger partial charge < -0.3 is 11.1 Å². The van der Waals surface area contributed by atoms with Crippen LogP contribution < -0.4 is 11.1 Å². The van der Waals surface area contributed by atoms with Gasteiger partial charge in [0.25, 0.3) is 0 Å². The Morgan fingerprint density at radius 2 is 2.05 bits per heavy atom. The predicted octanol–water partition coefficient (Wildman–Crippen LogP) is 1.17. The number of hydrogen-bond donors (Lipinski definition) is 2. The highest BCUT2D eigenvalue weighted by Gasteiger charge is 2.31. The number of nitrogens with two attached hydrogens (primary N) is 1. The number of sulfone groups is 1. The Kier molecular flexibility index (Phi) is 3.42. The Hall–Kier alpha value is -1.37. The third-order valence-corrected chi connectivity index (χ3v) is 5.56. The molecule has 2 rings (SSSR count). The van der Waals surface area contributed by atoms with Crippen molar-refractivity contribution in [2.75, 3.05) is 23.9 Å². The molecule has 0 radical (unpaired) electrons. The van der Waals surface area contributed by atoms with E-state index in [1.54, 1.807) is 19.9 Å². The molecule has 106 valence electrons. The molecule has 7 heteroatoms. The van der Waals surface area contributed by atoms with Crippen molar-refractivity contribution in [2.24, 2.45) is 0 Å². The lowest BCUT2D eigenvalue weighted by atomic mass is 10.2. The summed E-state index contributed by atoms with van der Waals surface area (Å²) in [6.45, 7) is 3.65. The van der Waals surface area contributed by atoms with Crippen molar-refractivity contribution in [3.05, 3.63) is 11.9 Å². The maximum Gasteiger partial charge on any atom is 0.154 e. The Morgan fingerprint density at radius 1 is 1.42 bits per heavy atom. The molecule has 0 unspecified atom stereocenters. The first-order valence-electron chi connectivity index (χ1n) is 6.27. The molecule has 1 aromatic rings. The molecule has 6 nitrogen and oxygen atoms in total. The van der Waals surface area contributed by atoms with E-state index < -0.39 is 14.6 Å². The van der Waals surface area contributed by atoms with Crippen LogP contribution in [0.5, 0.6) is 0 Å². The van der Waals surface area contributed by atoms with Gasteiger partial charge in [0.1, 0.15) is 17.5 Å². The zero-order valence-corrected chi connectivity index (χ0v) is 12.3. The first-order chi connectivity index (χ1) is 8.69. The van der Waals surface area contributed by atoms with Crippen molar-refractivity contribution in [1.82, 2.24) is 9.97 Å². The first kappa shape index (κ1) is 14.0.